The van der Waals surface area contributed by atoms with Crippen LogP contribution in [0.2, 0.25) is 0 Å². The third-order valence-electron chi connectivity index (χ3n) is 5.18. The molecule has 2 aromatic rings. The van der Waals surface area contributed by atoms with Gasteiger partial charge in [0.2, 0.25) is 5.91 Å². The molecule has 1 heterocycles. The minimum Gasteiger partial charge on any atom is -0.493 e. The Morgan fingerprint density at radius 3 is 2.45 bits per heavy atom. The van der Waals surface area contributed by atoms with Gasteiger partial charge in [0.05, 0.1) is 20.8 Å². The average Bonchev–Trinajstić information content (AvgIpc) is 3.22. The van der Waals surface area contributed by atoms with E-state index in [0.717, 1.165) is 17.8 Å². The fourth-order valence-electron chi connectivity index (χ4n) is 3.76. The van der Waals surface area contributed by atoms with Crippen molar-refractivity contribution in [2.24, 2.45) is 0 Å². The number of methoxy groups -OCH3 is 2. The van der Waals surface area contributed by atoms with Crippen LogP contribution in [0, 0.1) is 0 Å². The van der Waals surface area contributed by atoms with Crippen molar-refractivity contribution < 1.29 is 14.3 Å². The molecule has 0 bridgehead atoms. The number of amides is 1. The fourth-order valence-corrected chi connectivity index (χ4v) is 3.76. The predicted octanol–water partition coefficient (Wildman–Crippen LogP) is 3.37. The first-order valence-electron chi connectivity index (χ1n) is 10.1. The number of anilines is 1. The molecule has 0 atom stereocenters. The molecule has 0 radical (unpaired) electrons. The SMILES string of the molecule is COc1cccc(CN(C)CC(=O)Nc2ccc(CN3CCCC3)cc2)c1OC. The third-order valence-corrected chi connectivity index (χ3v) is 5.18. The van der Waals surface area contributed by atoms with E-state index in [9.17, 15) is 4.79 Å². The molecule has 0 unspecified atom stereocenters. The van der Waals surface area contributed by atoms with Crippen LogP contribution < -0.4 is 14.8 Å². The molecule has 1 aliphatic heterocycles. The molecule has 6 heteroatoms. The average molecular weight is 398 g/mol. The van der Waals surface area contributed by atoms with E-state index in [2.05, 4.69) is 22.3 Å². The van der Waals surface area contributed by atoms with Crippen LogP contribution in [-0.2, 0) is 17.9 Å². The number of carbonyl (C=O) groups excluding carboxylic acids is 1. The Hall–Kier alpha value is -2.57. The zero-order valence-corrected chi connectivity index (χ0v) is 17.6. The van der Waals surface area contributed by atoms with E-state index in [4.69, 9.17) is 9.47 Å². The maximum Gasteiger partial charge on any atom is 0.238 e. The number of ether oxygens (including phenoxy) is 2. The van der Waals surface area contributed by atoms with Gasteiger partial charge in [0.25, 0.3) is 0 Å². The van der Waals surface area contributed by atoms with Crippen LogP contribution in [0.3, 0.4) is 0 Å². The Kier molecular flexibility index (Phi) is 7.49. The lowest BCUT2D eigenvalue weighted by Crippen LogP contribution is -2.30. The van der Waals surface area contributed by atoms with Gasteiger partial charge in [-0.3, -0.25) is 14.6 Å². The van der Waals surface area contributed by atoms with E-state index in [0.29, 0.717) is 18.0 Å². The highest BCUT2D eigenvalue weighted by Crippen LogP contribution is 2.31. The summed E-state index contributed by atoms with van der Waals surface area (Å²) < 4.78 is 10.8. The molecule has 1 aliphatic rings. The van der Waals surface area contributed by atoms with Gasteiger partial charge in [0.1, 0.15) is 0 Å². The summed E-state index contributed by atoms with van der Waals surface area (Å²) in [6, 6.07) is 13.9. The second-order valence-electron chi connectivity index (χ2n) is 7.55. The molecular formula is C23H31N3O3. The standard InChI is InChI=1S/C23H31N3O3/c1-25(16-19-7-6-8-21(28-2)23(19)29-3)17-22(27)24-20-11-9-18(10-12-20)15-26-13-4-5-14-26/h6-12H,4-5,13-17H2,1-3H3,(H,24,27). The summed E-state index contributed by atoms with van der Waals surface area (Å²) in [5.74, 6) is 1.36. The predicted molar refractivity (Wildman–Crippen MR) is 115 cm³/mol. The van der Waals surface area contributed by atoms with Crippen LogP contribution >= 0.6 is 0 Å². The van der Waals surface area contributed by atoms with Gasteiger partial charge >= 0.3 is 0 Å². The van der Waals surface area contributed by atoms with Crippen LogP contribution in [0.1, 0.15) is 24.0 Å². The minimum absolute atomic E-state index is 0.0401. The van der Waals surface area contributed by atoms with Crippen LogP contribution in [0.4, 0.5) is 5.69 Å². The molecule has 1 amide bonds. The van der Waals surface area contributed by atoms with Crippen LogP contribution in [-0.4, -0.2) is 56.6 Å². The molecule has 2 aromatic carbocycles. The van der Waals surface area contributed by atoms with E-state index in [1.807, 2.05) is 42.3 Å². The molecule has 6 nitrogen and oxygen atoms in total. The number of nitrogens with zero attached hydrogens (tertiary/aromatic N) is 2. The van der Waals surface area contributed by atoms with Crippen molar-refractivity contribution in [1.82, 2.24) is 9.80 Å². The monoisotopic (exact) mass is 397 g/mol. The van der Waals surface area contributed by atoms with Crippen LogP contribution in [0.25, 0.3) is 0 Å². The normalized spacial score (nSPS) is 14.2. The zero-order chi connectivity index (χ0) is 20.6. The van der Waals surface area contributed by atoms with E-state index in [1.165, 1.54) is 31.5 Å². The summed E-state index contributed by atoms with van der Waals surface area (Å²) in [5.41, 5.74) is 3.09. The third kappa shape index (κ3) is 5.95. The summed E-state index contributed by atoms with van der Waals surface area (Å²) in [4.78, 5) is 16.9. The highest BCUT2D eigenvalue weighted by atomic mass is 16.5. The first kappa shape index (κ1) is 21.1. The van der Waals surface area contributed by atoms with E-state index < -0.39 is 0 Å². The lowest BCUT2D eigenvalue weighted by Gasteiger charge is -2.19. The molecule has 1 saturated heterocycles. The first-order valence-corrected chi connectivity index (χ1v) is 10.1. The second kappa shape index (κ2) is 10.3. The number of hydrogen-bond acceptors (Lipinski definition) is 5. The second-order valence-corrected chi connectivity index (χ2v) is 7.55. The molecule has 29 heavy (non-hydrogen) atoms. The summed E-state index contributed by atoms with van der Waals surface area (Å²) in [6.45, 7) is 4.23. The summed E-state index contributed by atoms with van der Waals surface area (Å²) in [5, 5.41) is 2.98. The van der Waals surface area contributed by atoms with Gasteiger partial charge in [0, 0.05) is 24.3 Å². The highest BCUT2D eigenvalue weighted by molar-refractivity contribution is 5.92. The molecule has 156 valence electrons. The Morgan fingerprint density at radius 1 is 1.07 bits per heavy atom. The van der Waals surface area contributed by atoms with Crippen LogP contribution in [0.15, 0.2) is 42.5 Å². The lowest BCUT2D eigenvalue weighted by molar-refractivity contribution is -0.117. The largest absolute Gasteiger partial charge is 0.493 e. The summed E-state index contributed by atoms with van der Waals surface area (Å²) in [7, 11) is 5.16. The molecule has 0 aromatic heterocycles. The number of rotatable bonds is 9. The number of benzene rings is 2. The first-order chi connectivity index (χ1) is 14.1. The summed E-state index contributed by atoms with van der Waals surface area (Å²) >= 11 is 0. The zero-order valence-electron chi connectivity index (χ0n) is 17.6. The van der Waals surface area contributed by atoms with Gasteiger partial charge in [-0.1, -0.05) is 24.3 Å². The number of likely N-dealkylation sites (tertiary alicyclic amines) is 1. The molecular weight excluding hydrogens is 366 g/mol. The number of nitrogens with one attached hydrogen (secondary N) is 1. The smallest absolute Gasteiger partial charge is 0.238 e. The molecule has 0 spiro atoms. The van der Waals surface area contributed by atoms with Crippen molar-refractivity contribution in [3.05, 3.63) is 53.6 Å². The van der Waals surface area contributed by atoms with Crippen molar-refractivity contribution in [2.45, 2.75) is 25.9 Å². The Bertz CT molecular complexity index is 802. The van der Waals surface area contributed by atoms with Gasteiger partial charge in [-0.2, -0.15) is 0 Å². The molecule has 3 rings (SSSR count). The molecule has 1 fully saturated rings. The minimum atomic E-state index is -0.0401. The summed E-state index contributed by atoms with van der Waals surface area (Å²) in [6.07, 6.45) is 2.59. The number of para-hydroxylation sites is 1. The van der Waals surface area contributed by atoms with Crippen molar-refractivity contribution in [3.8, 4) is 11.5 Å². The maximum absolute atomic E-state index is 12.4. The molecule has 1 N–H and O–H groups in total. The Morgan fingerprint density at radius 2 is 1.79 bits per heavy atom. The highest BCUT2D eigenvalue weighted by Gasteiger charge is 2.14. The van der Waals surface area contributed by atoms with Crippen molar-refractivity contribution in [3.63, 3.8) is 0 Å². The van der Waals surface area contributed by atoms with Crippen molar-refractivity contribution >= 4 is 11.6 Å². The van der Waals surface area contributed by atoms with Gasteiger partial charge in [-0.05, 0) is 56.7 Å². The van der Waals surface area contributed by atoms with Gasteiger partial charge in [0.15, 0.2) is 11.5 Å². The molecule has 0 saturated carbocycles. The number of hydrogen-bond donors (Lipinski definition) is 1. The Labute approximate surface area is 173 Å². The number of carbonyl (C=O) groups is 1. The van der Waals surface area contributed by atoms with Crippen molar-refractivity contribution in [1.29, 1.82) is 0 Å². The lowest BCUT2D eigenvalue weighted by atomic mass is 10.1. The van der Waals surface area contributed by atoms with E-state index >= 15 is 0 Å². The Balaban J connectivity index is 1.51. The van der Waals surface area contributed by atoms with Gasteiger partial charge < -0.3 is 14.8 Å². The molecule has 0 aliphatic carbocycles. The van der Waals surface area contributed by atoms with Crippen LogP contribution in [0.5, 0.6) is 11.5 Å². The quantitative estimate of drug-likeness (QED) is 0.703. The van der Waals surface area contributed by atoms with Crippen molar-refractivity contribution in [2.75, 3.05) is 46.2 Å². The fraction of sp³-hybridized carbons (Fsp3) is 0.435. The number of likely N-dealkylation sites (N-methyl/N-ethyl adjacent to an activating group) is 1. The topological polar surface area (TPSA) is 54.0 Å². The van der Waals surface area contributed by atoms with Gasteiger partial charge in [-0.25, -0.2) is 0 Å². The van der Waals surface area contributed by atoms with Gasteiger partial charge in [-0.15, -0.1) is 0 Å². The van der Waals surface area contributed by atoms with E-state index in [1.54, 1.807) is 14.2 Å². The maximum atomic E-state index is 12.4. The van der Waals surface area contributed by atoms with E-state index in [-0.39, 0.29) is 12.5 Å².